The van der Waals surface area contributed by atoms with Crippen molar-refractivity contribution in [1.82, 2.24) is 9.80 Å². The van der Waals surface area contributed by atoms with Crippen molar-refractivity contribution in [1.29, 1.82) is 0 Å². The van der Waals surface area contributed by atoms with Gasteiger partial charge in [0.1, 0.15) is 13.2 Å². The van der Waals surface area contributed by atoms with Crippen LogP contribution in [0, 0.1) is 0 Å². The minimum Gasteiger partial charge on any atom is -0.486 e. The van der Waals surface area contributed by atoms with Crippen LogP contribution in [0.3, 0.4) is 0 Å². The minimum atomic E-state index is 0.0654. The van der Waals surface area contributed by atoms with Crippen molar-refractivity contribution in [2.45, 2.75) is 25.3 Å². The lowest BCUT2D eigenvalue weighted by Crippen LogP contribution is -2.61. The summed E-state index contributed by atoms with van der Waals surface area (Å²) in [4.78, 5) is 17.2. The largest absolute Gasteiger partial charge is 0.486 e. The number of rotatable bonds is 2. The molecule has 0 saturated carbocycles. The van der Waals surface area contributed by atoms with Crippen LogP contribution in [0.2, 0.25) is 0 Å². The monoisotopic (exact) mass is 302 g/mol. The molecule has 5 heteroatoms. The summed E-state index contributed by atoms with van der Waals surface area (Å²) in [5.41, 5.74) is 0.634. The summed E-state index contributed by atoms with van der Waals surface area (Å²) in [6.45, 7) is 5.10. The molecule has 1 aromatic carbocycles. The molecule has 22 heavy (non-hydrogen) atoms. The first-order chi connectivity index (χ1) is 10.8. The zero-order valence-electron chi connectivity index (χ0n) is 12.8. The number of piperidine rings is 1. The number of ether oxygens (including phenoxy) is 2. The Balaban J connectivity index is 1.43. The lowest BCUT2D eigenvalue weighted by atomic mass is 10.0. The molecule has 5 nitrogen and oxygen atoms in total. The molecule has 0 spiro atoms. The third-order valence-electron chi connectivity index (χ3n) is 4.85. The lowest BCUT2D eigenvalue weighted by Gasteiger charge is -2.46. The van der Waals surface area contributed by atoms with Gasteiger partial charge in [0.2, 0.25) is 0 Å². The van der Waals surface area contributed by atoms with Gasteiger partial charge < -0.3 is 14.4 Å². The van der Waals surface area contributed by atoms with Crippen LogP contribution >= 0.6 is 0 Å². The van der Waals surface area contributed by atoms with Crippen LogP contribution in [0.25, 0.3) is 0 Å². The highest BCUT2D eigenvalue weighted by molar-refractivity contribution is 5.98. The van der Waals surface area contributed by atoms with Crippen LogP contribution in [-0.2, 0) is 0 Å². The summed E-state index contributed by atoms with van der Waals surface area (Å²) < 4.78 is 11.2. The van der Waals surface area contributed by atoms with Crippen LogP contribution in [-0.4, -0.2) is 61.1 Å². The van der Waals surface area contributed by atoms with Crippen molar-refractivity contribution in [2.24, 2.45) is 0 Å². The van der Waals surface area contributed by atoms with Gasteiger partial charge in [-0.15, -0.1) is 0 Å². The lowest BCUT2D eigenvalue weighted by molar-refractivity contribution is 0.0198. The van der Waals surface area contributed by atoms with Crippen molar-refractivity contribution in [3.8, 4) is 11.5 Å². The van der Waals surface area contributed by atoms with Gasteiger partial charge in [-0.2, -0.15) is 0 Å². The molecular formula is C17H22N2O3. The maximum Gasteiger partial charge on any atom is 0.257 e. The number of carbonyl (C=O) groups is 1. The Labute approximate surface area is 130 Å². The molecule has 0 N–H and O–H groups in total. The summed E-state index contributed by atoms with van der Waals surface area (Å²) in [6.07, 6.45) is 3.93. The molecule has 1 aromatic rings. The Kier molecular flexibility index (Phi) is 3.66. The second kappa shape index (κ2) is 5.80. The van der Waals surface area contributed by atoms with Crippen LogP contribution in [0.1, 0.15) is 29.6 Å². The zero-order chi connectivity index (χ0) is 14.9. The molecule has 4 rings (SSSR count). The van der Waals surface area contributed by atoms with Gasteiger partial charge in [0.25, 0.3) is 5.91 Å². The van der Waals surface area contributed by atoms with E-state index in [1.54, 1.807) is 0 Å². The Morgan fingerprint density at radius 2 is 1.82 bits per heavy atom. The maximum atomic E-state index is 12.7. The van der Waals surface area contributed by atoms with E-state index >= 15 is 0 Å². The number of nitrogens with zero attached hydrogens (tertiary/aromatic N) is 2. The van der Waals surface area contributed by atoms with E-state index in [0.29, 0.717) is 36.3 Å². The Bertz CT molecular complexity index is 563. The van der Waals surface area contributed by atoms with Crippen molar-refractivity contribution >= 4 is 5.91 Å². The topological polar surface area (TPSA) is 42.0 Å². The minimum absolute atomic E-state index is 0.0654. The summed E-state index contributed by atoms with van der Waals surface area (Å²) >= 11 is 0. The SMILES string of the molecule is O=C(c1cccc2c1OCCO2)N1CC(N2CCCCC2)C1. The average Bonchev–Trinajstić information content (AvgIpc) is 2.54. The van der Waals surface area contributed by atoms with E-state index in [2.05, 4.69) is 4.90 Å². The van der Waals surface area contributed by atoms with Gasteiger partial charge >= 0.3 is 0 Å². The Morgan fingerprint density at radius 1 is 1.05 bits per heavy atom. The first-order valence-electron chi connectivity index (χ1n) is 8.25. The molecule has 3 aliphatic heterocycles. The molecule has 3 aliphatic rings. The quantitative estimate of drug-likeness (QED) is 0.835. The highest BCUT2D eigenvalue weighted by Gasteiger charge is 2.36. The normalized spacial score (nSPS) is 22.3. The van der Waals surface area contributed by atoms with Gasteiger partial charge in [-0.25, -0.2) is 0 Å². The van der Waals surface area contributed by atoms with E-state index in [1.807, 2.05) is 23.1 Å². The first kappa shape index (κ1) is 13.9. The highest BCUT2D eigenvalue weighted by Crippen LogP contribution is 2.35. The van der Waals surface area contributed by atoms with Crippen molar-refractivity contribution in [2.75, 3.05) is 39.4 Å². The molecule has 0 bridgehead atoms. The molecule has 0 aromatic heterocycles. The number of likely N-dealkylation sites (tertiary alicyclic amines) is 2. The van der Waals surface area contributed by atoms with Gasteiger partial charge in [0.15, 0.2) is 11.5 Å². The van der Waals surface area contributed by atoms with Gasteiger partial charge in [-0.3, -0.25) is 9.69 Å². The van der Waals surface area contributed by atoms with Crippen LogP contribution in [0.4, 0.5) is 0 Å². The molecule has 3 heterocycles. The molecular weight excluding hydrogens is 280 g/mol. The van der Waals surface area contributed by atoms with E-state index < -0.39 is 0 Å². The molecule has 0 aliphatic carbocycles. The predicted octanol–water partition coefficient (Wildman–Crippen LogP) is 1.77. The van der Waals surface area contributed by atoms with Gasteiger partial charge in [-0.1, -0.05) is 12.5 Å². The van der Waals surface area contributed by atoms with E-state index in [-0.39, 0.29) is 5.91 Å². The summed E-state index contributed by atoms with van der Waals surface area (Å²) in [7, 11) is 0. The molecule has 118 valence electrons. The first-order valence-corrected chi connectivity index (χ1v) is 8.25. The highest BCUT2D eigenvalue weighted by atomic mass is 16.6. The second-order valence-corrected chi connectivity index (χ2v) is 6.29. The molecule has 0 radical (unpaired) electrons. The smallest absolute Gasteiger partial charge is 0.257 e. The summed E-state index contributed by atoms with van der Waals surface area (Å²) in [6, 6.07) is 6.10. The fourth-order valence-corrected chi connectivity index (χ4v) is 3.55. The van der Waals surface area contributed by atoms with E-state index in [0.717, 1.165) is 13.1 Å². The van der Waals surface area contributed by atoms with Gasteiger partial charge in [0.05, 0.1) is 5.56 Å². The van der Waals surface area contributed by atoms with E-state index in [1.165, 1.54) is 32.4 Å². The number of fused-ring (bicyclic) bond motifs is 1. The van der Waals surface area contributed by atoms with Gasteiger partial charge in [0, 0.05) is 19.1 Å². The molecule has 0 atom stereocenters. The molecule has 2 fully saturated rings. The van der Waals surface area contributed by atoms with Crippen molar-refractivity contribution < 1.29 is 14.3 Å². The second-order valence-electron chi connectivity index (χ2n) is 6.29. The summed E-state index contributed by atoms with van der Waals surface area (Å²) in [5, 5.41) is 0. The standard InChI is InChI=1S/C17H22N2O3/c20-17(14-5-4-6-15-16(14)22-10-9-21-15)19-11-13(12-19)18-7-2-1-3-8-18/h4-6,13H,1-3,7-12H2. The fraction of sp³-hybridized carbons (Fsp3) is 0.588. The van der Waals surface area contributed by atoms with E-state index in [4.69, 9.17) is 9.47 Å². The average molecular weight is 302 g/mol. The van der Waals surface area contributed by atoms with Crippen molar-refractivity contribution in [3.63, 3.8) is 0 Å². The van der Waals surface area contributed by atoms with Crippen LogP contribution < -0.4 is 9.47 Å². The summed E-state index contributed by atoms with van der Waals surface area (Å²) in [5.74, 6) is 1.36. The number of carbonyl (C=O) groups excluding carboxylic acids is 1. The molecule has 0 unspecified atom stereocenters. The third-order valence-corrected chi connectivity index (χ3v) is 4.85. The number of benzene rings is 1. The predicted molar refractivity (Wildman–Crippen MR) is 82.5 cm³/mol. The number of hydrogen-bond acceptors (Lipinski definition) is 4. The molecule has 2 saturated heterocycles. The Morgan fingerprint density at radius 3 is 2.64 bits per heavy atom. The van der Waals surface area contributed by atoms with Crippen LogP contribution in [0.15, 0.2) is 18.2 Å². The number of para-hydroxylation sites is 1. The number of hydrogen-bond donors (Lipinski definition) is 0. The van der Waals surface area contributed by atoms with Crippen LogP contribution in [0.5, 0.6) is 11.5 Å². The van der Waals surface area contributed by atoms with Crippen molar-refractivity contribution in [3.05, 3.63) is 23.8 Å². The number of amides is 1. The van der Waals surface area contributed by atoms with E-state index in [9.17, 15) is 4.79 Å². The molecule has 1 amide bonds. The van der Waals surface area contributed by atoms with Gasteiger partial charge in [-0.05, 0) is 38.1 Å². The fourth-order valence-electron chi connectivity index (χ4n) is 3.55. The Hall–Kier alpha value is -1.75. The maximum absolute atomic E-state index is 12.7. The third kappa shape index (κ3) is 2.43. The zero-order valence-corrected chi connectivity index (χ0v) is 12.8.